The van der Waals surface area contributed by atoms with Gasteiger partial charge in [-0.2, -0.15) is 0 Å². The highest BCUT2D eigenvalue weighted by Crippen LogP contribution is 2.47. The lowest BCUT2D eigenvalue weighted by Crippen LogP contribution is -2.48. The van der Waals surface area contributed by atoms with Crippen molar-refractivity contribution < 1.29 is 19.1 Å². The monoisotopic (exact) mass is 349 g/mol. The summed E-state index contributed by atoms with van der Waals surface area (Å²) < 4.78 is 4.52. The van der Waals surface area contributed by atoms with Gasteiger partial charge in [0.15, 0.2) is 0 Å². The van der Waals surface area contributed by atoms with E-state index in [0.717, 1.165) is 6.42 Å². The number of anilines is 2. The van der Waals surface area contributed by atoms with E-state index in [4.69, 9.17) is 0 Å². The lowest BCUT2D eigenvalue weighted by Gasteiger charge is -2.29. The summed E-state index contributed by atoms with van der Waals surface area (Å²) in [5.41, 5.74) is 1.18. The van der Waals surface area contributed by atoms with E-state index >= 15 is 0 Å². The van der Waals surface area contributed by atoms with Gasteiger partial charge in [-0.05, 0) is 37.6 Å². The number of hydrogen-bond donors (Lipinski definition) is 2. The van der Waals surface area contributed by atoms with E-state index in [1.165, 1.54) is 7.11 Å². The number of hydrogen-bond acceptors (Lipinski definition) is 5. The zero-order valence-corrected chi connectivity index (χ0v) is 14.3. The van der Waals surface area contributed by atoms with Gasteiger partial charge < -0.3 is 15.0 Å². The maximum absolute atomic E-state index is 12.5. The number of thioether (sulfide) groups is 1. The van der Waals surface area contributed by atoms with Gasteiger partial charge in [0.2, 0.25) is 11.8 Å². The first-order valence-electron chi connectivity index (χ1n) is 7.65. The standard InChI is InChI=1S/C16H19N3O4S/c1-16-8-7-13(20)19(16)12(9-24-16)14(21)17-10-3-5-11(6-4-10)18-15(22)23-2/h3-6,12H,7-9H2,1-2H3,(H,17,21)(H,18,22)/t12-,16-/m1/s1. The second-order valence-electron chi connectivity index (χ2n) is 5.95. The topological polar surface area (TPSA) is 87.7 Å². The Morgan fingerprint density at radius 2 is 1.88 bits per heavy atom. The number of amides is 3. The smallest absolute Gasteiger partial charge is 0.411 e. The molecular formula is C16H19N3O4S. The van der Waals surface area contributed by atoms with E-state index < -0.39 is 12.1 Å². The van der Waals surface area contributed by atoms with Crippen LogP contribution in [0.4, 0.5) is 16.2 Å². The third-order valence-corrected chi connectivity index (χ3v) is 5.84. The summed E-state index contributed by atoms with van der Waals surface area (Å²) in [6, 6.07) is 6.28. The minimum Gasteiger partial charge on any atom is -0.453 e. The quantitative estimate of drug-likeness (QED) is 0.874. The zero-order valence-electron chi connectivity index (χ0n) is 13.5. The van der Waals surface area contributed by atoms with Crippen molar-refractivity contribution in [3.8, 4) is 0 Å². The molecule has 0 aliphatic carbocycles. The fraction of sp³-hybridized carbons (Fsp3) is 0.438. The molecule has 0 bridgehead atoms. The fourth-order valence-electron chi connectivity index (χ4n) is 3.05. The molecule has 3 rings (SSSR count). The largest absolute Gasteiger partial charge is 0.453 e. The van der Waals surface area contributed by atoms with Crippen LogP contribution in [0.1, 0.15) is 19.8 Å². The lowest BCUT2D eigenvalue weighted by molar-refractivity contribution is -0.135. The SMILES string of the molecule is COC(=O)Nc1ccc(NC(=O)[C@H]2CS[C@]3(C)CCC(=O)N23)cc1. The molecule has 7 nitrogen and oxygen atoms in total. The maximum Gasteiger partial charge on any atom is 0.411 e. The third-order valence-electron chi connectivity index (χ3n) is 4.33. The second-order valence-corrected chi connectivity index (χ2v) is 7.45. The molecule has 24 heavy (non-hydrogen) atoms. The third kappa shape index (κ3) is 3.06. The van der Waals surface area contributed by atoms with Gasteiger partial charge >= 0.3 is 6.09 Å². The lowest BCUT2D eigenvalue weighted by atomic mass is 10.2. The molecule has 0 aromatic heterocycles. The predicted octanol–water partition coefficient (Wildman–Crippen LogP) is 2.26. The Balaban J connectivity index is 1.65. The molecule has 2 aliphatic rings. The van der Waals surface area contributed by atoms with Crippen molar-refractivity contribution in [2.75, 3.05) is 23.5 Å². The Hall–Kier alpha value is -2.22. The van der Waals surface area contributed by atoms with Crippen molar-refractivity contribution >= 4 is 41.0 Å². The minimum atomic E-state index is -0.554. The van der Waals surface area contributed by atoms with Gasteiger partial charge in [0.1, 0.15) is 6.04 Å². The number of benzene rings is 1. The zero-order chi connectivity index (χ0) is 17.3. The first kappa shape index (κ1) is 16.6. The van der Waals surface area contributed by atoms with Crippen LogP contribution in [-0.4, -0.2) is 46.6 Å². The normalized spacial score (nSPS) is 25.3. The number of nitrogens with one attached hydrogen (secondary N) is 2. The molecular weight excluding hydrogens is 330 g/mol. The molecule has 8 heteroatoms. The van der Waals surface area contributed by atoms with Crippen molar-refractivity contribution in [3.63, 3.8) is 0 Å². The van der Waals surface area contributed by atoms with E-state index in [9.17, 15) is 14.4 Å². The molecule has 2 N–H and O–H groups in total. The average Bonchev–Trinajstić information content (AvgIpc) is 3.06. The second kappa shape index (κ2) is 6.35. The van der Waals surface area contributed by atoms with Gasteiger partial charge in [0, 0.05) is 23.5 Å². The molecule has 0 radical (unpaired) electrons. The van der Waals surface area contributed by atoms with Crippen LogP contribution in [0.25, 0.3) is 0 Å². The summed E-state index contributed by atoms with van der Waals surface area (Å²) in [4.78, 5) is 37.2. The number of ether oxygens (including phenoxy) is 1. The van der Waals surface area contributed by atoms with Gasteiger partial charge in [-0.15, -0.1) is 11.8 Å². The Labute approximate surface area is 144 Å². The minimum absolute atomic E-state index is 0.0419. The summed E-state index contributed by atoms with van der Waals surface area (Å²) >= 11 is 1.66. The van der Waals surface area contributed by atoms with Crippen molar-refractivity contribution in [2.45, 2.75) is 30.7 Å². The molecule has 2 fully saturated rings. The van der Waals surface area contributed by atoms with Crippen LogP contribution in [-0.2, 0) is 14.3 Å². The van der Waals surface area contributed by atoms with E-state index in [-0.39, 0.29) is 16.7 Å². The van der Waals surface area contributed by atoms with Gasteiger partial charge in [0.25, 0.3) is 0 Å². The highest BCUT2D eigenvalue weighted by Gasteiger charge is 2.52. The molecule has 0 saturated carbocycles. The first-order valence-corrected chi connectivity index (χ1v) is 8.63. The molecule has 2 aliphatic heterocycles. The van der Waals surface area contributed by atoms with Crippen LogP contribution in [0.2, 0.25) is 0 Å². The predicted molar refractivity (Wildman–Crippen MR) is 91.8 cm³/mol. The highest BCUT2D eigenvalue weighted by atomic mass is 32.2. The summed E-state index contributed by atoms with van der Waals surface area (Å²) in [5.74, 6) is 0.464. The molecule has 3 amide bonds. The fourth-order valence-corrected chi connectivity index (χ4v) is 4.48. The van der Waals surface area contributed by atoms with Crippen molar-refractivity contribution in [1.29, 1.82) is 0 Å². The Bertz CT molecular complexity index is 678. The Morgan fingerprint density at radius 3 is 2.50 bits per heavy atom. The molecule has 0 spiro atoms. The van der Waals surface area contributed by atoms with Crippen LogP contribution < -0.4 is 10.6 Å². The molecule has 0 unspecified atom stereocenters. The van der Waals surface area contributed by atoms with Crippen LogP contribution in [0.5, 0.6) is 0 Å². The van der Waals surface area contributed by atoms with Gasteiger partial charge in [0.05, 0.1) is 12.0 Å². The van der Waals surface area contributed by atoms with Gasteiger partial charge in [-0.3, -0.25) is 14.9 Å². The number of nitrogens with zero attached hydrogens (tertiary/aromatic N) is 1. The van der Waals surface area contributed by atoms with Crippen molar-refractivity contribution in [3.05, 3.63) is 24.3 Å². The van der Waals surface area contributed by atoms with Crippen LogP contribution in [0, 0.1) is 0 Å². The average molecular weight is 349 g/mol. The number of rotatable bonds is 3. The summed E-state index contributed by atoms with van der Waals surface area (Å²) in [5, 5.41) is 5.38. The molecule has 128 valence electrons. The number of methoxy groups -OCH3 is 1. The van der Waals surface area contributed by atoms with E-state index in [0.29, 0.717) is 23.5 Å². The van der Waals surface area contributed by atoms with E-state index in [1.807, 2.05) is 6.92 Å². The highest BCUT2D eigenvalue weighted by molar-refractivity contribution is 8.01. The summed E-state index contributed by atoms with van der Waals surface area (Å²) in [6.45, 7) is 2.02. The van der Waals surface area contributed by atoms with Crippen LogP contribution in [0.15, 0.2) is 24.3 Å². The summed E-state index contributed by atoms with van der Waals surface area (Å²) in [6.07, 6.45) is 0.733. The number of fused-ring (bicyclic) bond motifs is 1. The maximum atomic E-state index is 12.5. The van der Waals surface area contributed by atoms with E-state index in [2.05, 4.69) is 15.4 Å². The first-order chi connectivity index (χ1) is 11.4. The molecule has 1 aromatic rings. The molecule has 2 saturated heterocycles. The van der Waals surface area contributed by atoms with E-state index in [1.54, 1.807) is 40.9 Å². The molecule has 2 atom stereocenters. The van der Waals surface area contributed by atoms with Crippen molar-refractivity contribution in [1.82, 2.24) is 4.90 Å². The van der Waals surface area contributed by atoms with Crippen LogP contribution in [0.3, 0.4) is 0 Å². The Kier molecular flexibility index (Phi) is 4.40. The summed E-state index contributed by atoms with van der Waals surface area (Å²) in [7, 11) is 1.29. The number of carbonyl (C=O) groups is 3. The van der Waals surface area contributed by atoms with Crippen molar-refractivity contribution in [2.24, 2.45) is 0 Å². The Morgan fingerprint density at radius 1 is 1.25 bits per heavy atom. The van der Waals surface area contributed by atoms with Gasteiger partial charge in [-0.25, -0.2) is 4.79 Å². The van der Waals surface area contributed by atoms with Crippen LogP contribution >= 0.6 is 11.8 Å². The van der Waals surface area contributed by atoms with Gasteiger partial charge in [-0.1, -0.05) is 0 Å². The number of carbonyl (C=O) groups excluding carboxylic acids is 3. The molecule has 1 aromatic carbocycles. The molecule has 2 heterocycles.